The number of fused-ring (bicyclic) bond motifs is 1. The minimum Gasteiger partial charge on any atom is -0.493 e. The Morgan fingerprint density at radius 3 is 2.68 bits per heavy atom. The van der Waals surface area contributed by atoms with Crippen LogP contribution in [-0.4, -0.2) is 25.3 Å². The highest BCUT2D eigenvalue weighted by molar-refractivity contribution is 7.16. The molecule has 1 heterocycles. The number of hydrogen-bond donors (Lipinski definition) is 1. The molecule has 5 nitrogen and oxygen atoms in total. The van der Waals surface area contributed by atoms with E-state index in [1.807, 2.05) is 42.5 Å². The van der Waals surface area contributed by atoms with Crippen LogP contribution in [0.2, 0.25) is 5.02 Å². The lowest BCUT2D eigenvalue weighted by molar-refractivity contribution is 0.0927. The smallest absolute Gasteiger partial charge is 0.254 e. The molecule has 0 saturated heterocycles. The maximum Gasteiger partial charge on any atom is 0.254 e. The molecule has 0 spiro atoms. The van der Waals surface area contributed by atoms with Gasteiger partial charge in [0.15, 0.2) is 11.5 Å². The lowest BCUT2D eigenvalue weighted by atomic mass is 9.93. The van der Waals surface area contributed by atoms with E-state index >= 15 is 0 Å². The molecule has 2 aliphatic carbocycles. The van der Waals surface area contributed by atoms with Gasteiger partial charge in [-0.15, -0.1) is 11.3 Å². The standard InChI is InChI=1S/C30H33ClN2O3S/c1-35-25-17-21(16-24(31)28(25)36-19-20-10-4-2-5-11-20)18-32-30-27(23-14-8-9-15-26(23)37-30)29(34)33-22-12-6-3-7-13-22/h2,4-5,10-11,16-18,22H,3,6-9,12-15,19H2,1H3,(H,33,34). The van der Waals surface area contributed by atoms with E-state index in [9.17, 15) is 4.79 Å². The number of rotatable bonds is 8. The molecule has 0 radical (unpaired) electrons. The summed E-state index contributed by atoms with van der Waals surface area (Å²) in [4.78, 5) is 19.5. The monoisotopic (exact) mass is 536 g/mol. The van der Waals surface area contributed by atoms with Crippen molar-refractivity contribution in [3.63, 3.8) is 0 Å². The lowest BCUT2D eigenvalue weighted by Gasteiger charge is -2.23. The third-order valence-corrected chi connectivity index (χ3v) is 8.61. The molecule has 0 aliphatic heterocycles. The number of halogens is 1. The van der Waals surface area contributed by atoms with Crippen molar-refractivity contribution in [3.05, 3.63) is 74.6 Å². The number of ether oxygens (including phenoxy) is 2. The molecule has 1 fully saturated rings. The van der Waals surface area contributed by atoms with Gasteiger partial charge in [-0.3, -0.25) is 4.79 Å². The molecule has 0 atom stereocenters. The van der Waals surface area contributed by atoms with Crippen LogP contribution in [0.5, 0.6) is 11.5 Å². The van der Waals surface area contributed by atoms with Crippen LogP contribution in [0.3, 0.4) is 0 Å². The fraction of sp³-hybridized carbons (Fsp3) is 0.400. The first kappa shape index (κ1) is 25.8. The van der Waals surface area contributed by atoms with Gasteiger partial charge < -0.3 is 14.8 Å². The molecular formula is C30H33ClN2O3S. The van der Waals surface area contributed by atoms with Crippen LogP contribution in [0.15, 0.2) is 47.5 Å². The third kappa shape index (κ3) is 6.19. The summed E-state index contributed by atoms with van der Waals surface area (Å²) < 4.78 is 11.6. The van der Waals surface area contributed by atoms with Crippen molar-refractivity contribution in [2.75, 3.05) is 7.11 Å². The van der Waals surface area contributed by atoms with Gasteiger partial charge in [0.05, 0.1) is 17.7 Å². The Labute approximate surface area is 227 Å². The number of aryl methyl sites for hydroxylation is 1. The summed E-state index contributed by atoms with van der Waals surface area (Å²) in [7, 11) is 1.60. The maximum absolute atomic E-state index is 13.4. The number of nitrogens with one attached hydrogen (secondary N) is 1. The second-order valence-electron chi connectivity index (χ2n) is 9.77. The number of amides is 1. The Kier molecular flexibility index (Phi) is 8.47. The van der Waals surface area contributed by atoms with Gasteiger partial charge in [-0.2, -0.15) is 0 Å². The molecule has 1 N–H and O–H groups in total. The van der Waals surface area contributed by atoms with E-state index in [0.29, 0.717) is 23.1 Å². The zero-order chi connectivity index (χ0) is 25.6. The number of carbonyl (C=O) groups excluding carboxylic acids is 1. The van der Waals surface area contributed by atoms with Gasteiger partial charge in [0, 0.05) is 17.1 Å². The van der Waals surface area contributed by atoms with Gasteiger partial charge >= 0.3 is 0 Å². The third-order valence-electron chi connectivity index (χ3n) is 7.13. The number of benzene rings is 2. The maximum atomic E-state index is 13.4. The first-order chi connectivity index (χ1) is 18.1. The summed E-state index contributed by atoms with van der Waals surface area (Å²) in [6.07, 6.45) is 11.8. The van der Waals surface area contributed by atoms with E-state index in [1.54, 1.807) is 24.7 Å². The average Bonchev–Trinajstić information content (AvgIpc) is 3.30. The van der Waals surface area contributed by atoms with E-state index in [0.717, 1.165) is 60.2 Å². The summed E-state index contributed by atoms with van der Waals surface area (Å²) >= 11 is 8.25. The first-order valence-electron chi connectivity index (χ1n) is 13.2. The molecule has 3 aromatic rings. The number of methoxy groups -OCH3 is 1. The number of carbonyl (C=O) groups is 1. The van der Waals surface area contributed by atoms with Crippen LogP contribution in [0.1, 0.15) is 76.9 Å². The Hall–Kier alpha value is -2.83. The van der Waals surface area contributed by atoms with Crippen molar-refractivity contribution in [2.24, 2.45) is 4.99 Å². The summed E-state index contributed by atoms with van der Waals surface area (Å²) in [5.41, 5.74) is 3.80. The highest BCUT2D eigenvalue weighted by Crippen LogP contribution is 2.41. The molecule has 37 heavy (non-hydrogen) atoms. The van der Waals surface area contributed by atoms with Gasteiger partial charge in [0.2, 0.25) is 0 Å². The number of aliphatic imine (C=N–C) groups is 1. The number of hydrogen-bond acceptors (Lipinski definition) is 5. The Bertz CT molecular complexity index is 1270. The fourth-order valence-electron chi connectivity index (χ4n) is 5.20. The minimum atomic E-state index is 0.0266. The summed E-state index contributed by atoms with van der Waals surface area (Å²) in [6, 6.07) is 13.9. The number of nitrogens with zero attached hydrogens (tertiary/aromatic N) is 1. The molecule has 0 unspecified atom stereocenters. The van der Waals surface area contributed by atoms with E-state index in [2.05, 4.69) is 5.32 Å². The lowest BCUT2D eigenvalue weighted by Crippen LogP contribution is -2.36. The van der Waals surface area contributed by atoms with Crippen LogP contribution < -0.4 is 14.8 Å². The predicted molar refractivity (Wildman–Crippen MR) is 151 cm³/mol. The van der Waals surface area contributed by atoms with Gasteiger partial charge in [-0.25, -0.2) is 4.99 Å². The second kappa shape index (κ2) is 12.1. The average molecular weight is 537 g/mol. The molecule has 0 bridgehead atoms. The van der Waals surface area contributed by atoms with E-state index in [-0.39, 0.29) is 11.9 Å². The first-order valence-corrected chi connectivity index (χ1v) is 14.4. The van der Waals surface area contributed by atoms with Crippen molar-refractivity contribution in [1.29, 1.82) is 0 Å². The topological polar surface area (TPSA) is 59.9 Å². The van der Waals surface area contributed by atoms with E-state index < -0.39 is 0 Å². The molecule has 2 aliphatic rings. The molecule has 1 amide bonds. The van der Waals surface area contributed by atoms with E-state index in [4.69, 9.17) is 26.1 Å². The molecular weight excluding hydrogens is 504 g/mol. The van der Waals surface area contributed by atoms with Crippen LogP contribution in [-0.2, 0) is 19.4 Å². The molecule has 5 rings (SSSR count). The molecule has 2 aromatic carbocycles. The minimum absolute atomic E-state index is 0.0266. The summed E-state index contributed by atoms with van der Waals surface area (Å²) in [5.74, 6) is 1.08. The van der Waals surface area contributed by atoms with Gasteiger partial charge in [-0.05, 0) is 67.3 Å². The SMILES string of the molecule is COc1cc(C=Nc2sc3c(c2C(=O)NC2CCCCC2)CCCC3)cc(Cl)c1OCc1ccccc1. The van der Waals surface area contributed by atoms with Crippen molar-refractivity contribution in [2.45, 2.75) is 70.4 Å². The largest absolute Gasteiger partial charge is 0.493 e. The van der Waals surface area contributed by atoms with Crippen LogP contribution in [0.25, 0.3) is 0 Å². The van der Waals surface area contributed by atoms with Crippen LogP contribution in [0, 0.1) is 0 Å². The Balaban J connectivity index is 1.38. The van der Waals surface area contributed by atoms with Gasteiger partial charge in [0.1, 0.15) is 11.6 Å². The van der Waals surface area contributed by atoms with Gasteiger partial charge in [-0.1, -0.05) is 61.2 Å². The van der Waals surface area contributed by atoms with Crippen molar-refractivity contribution in [3.8, 4) is 11.5 Å². The van der Waals surface area contributed by atoms with Crippen molar-refractivity contribution < 1.29 is 14.3 Å². The fourth-order valence-corrected chi connectivity index (χ4v) is 6.70. The zero-order valence-electron chi connectivity index (χ0n) is 21.2. The second-order valence-corrected chi connectivity index (χ2v) is 11.3. The highest BCUT2D eigenvalue weighted by atomic mass is 35.5. The van der Waals surface area contributed by atoms with Crippen molar-refractivity contribution >= 4 is 40.1 Å². The van der Waals surface area contributed by atoms with Crippen molar-refractivity contribution in [1.82, 2.24) is 5.32 Å². The van der Waals surface area contributed by atoms with Gasteiger partial charge in [0.25, 0.3) is 5.91 Å². The summed E-state index contributed by atoms with van der Waals surface area (Å²) in [6.45, 7) is 0.393. The highest BCUT2D eigenvalue weighted by Gasteiger charge is 2.27. The quantitative estimate of drug-likeness (QED) is 0.300. The zero-order valence-corrected chi connectivity index (χ0v) is 22.8. The Morgan fingerprint density at radius 2 is 1.89 bits per heavy atom. The summed E-state index contributed by atoms with van der Waals surface area (Å²) in [5, 5.41) is 4.54. The predicted octanol–water partition coefficient (Wildman–Crippen LogP) is 7.68. The Morgan fingerprint density at radius 1 is 1.11 bits per heavy atom. The number of thiophene rings is 1. The van der Waals surface area contributed by atoms with Crippen LogP contribution >= 0.6 is 22.9 Å². The normalized spacial score (nSPS) is 15.9. The molecule has 194 valence electrons. The van der Waals surface area contributed by atoms with E-state index in [1.165, 1.54) is 29.7 Å². The van der Waals surface area contributed by atoms with Crippen LogP contribution in [0.4, 0.5) is 5.00 Å². The molecule has 7 heteroatoms. The molecule has 1 aromatic heterocycles. The molecule has 1 saturated carbocycles.